The van der Waals surface area contributed by atoms with Crippen LogP contribution >= 0.6 is 0 Å². The summed E-state index contributed by atoms with van der Waals surface area (Å²) in [7, 11) is 0. The summed E-state index contributed by atoms with van der Waals surface area (Å²) >= 11 is 0. The van der Waals surface area contributed by atoms with Gasteiger partial charge in [-0.15, -0.1) is 0 Å². The van der Waals surface area contributed by atoms with Crippen molar-refractivity contribution in [2.24, 2.45) is 5.92 Å². The Morgan fingerprint density at radius 3 is 2.54 bits per heavy atom. The smallest absolute Gasteiger partial charge is 0.431 e. The lowest BCUT2D eigenvalue weighted by molar-refractivity contribution is -0.0105. The number of nitrogens with one attached hydrogen (secondary N) is 1. The highest BCUT2D eigenvalue weighted by molar-refractivity contribution is 5.66. The molecule has 1 fully saturated rings. The molecular formula is C9H17NO3. The predicted octanol–water partition coefficient (Wildman–Crippen LogP) is 1.85. The minimum atomic E-state index is -0.520. The van der Waals surface area contributed by atoms with Gasteiger partial charge in [0.1, 0.15) is 5.60 Å². The lowest BCUT2D eigenvalue weighted by Gasteiger charge is -2.19. The molecule has 76 valence electrons. The fourth-order valence-electron chi connectivity index (χ4n) is 0.802. The van der Waals surface area contributed by atoms with Gasteiger partial charge >= 0.3 is 6.09 Å². The Morgan fingerprint density at radius 1 is 1.46 bits per heavy atom. The van der Waals surface area contributed by atoms with Crippen LogP contribution in [0.5, 0.6) is 0 Å². The zero-order valence-electron chi connectivity index (χ0n) is 8.42. The van der Waals surface area contributed by atoms with Gasteiger partial charge < -0.3 is 4.74 Å². The van der Waals surface area contributed by atoms with Crippen LogP contribution in [0.15, 0.2) is 0 Å². The zero-order valence-corrected chi connectivity index (χ0v) is 8.42. The van der Waals surface area contributed by atoms with E-state index in [-0.39, 0.29) is 0 Å². The molecule has 1 N–H and O–H groups in total. The van der Waals surface area contributed by atoms with Crippen LogP contribution in [0.1, 0.15) is 33.6 Å². The number of hydroxylamine groups is 1. The third-order valence-corrected chi connectivity index (χ3v) is 1.57. The van der Waals surface area contributed by atoms with Gasteiger partial charge in [0, 0.05) is 0 Å². The van der Waals surface area contributed by atoms with E-state index in [4.69, 9.17) is 9.57 Å². The van der Waals surface area contributed by atoms with Crippen LogP contribution in [0.3, 0.4) is 0 Å². The lowest BCUT2D eigenvalue weighted by atomic mass is 10.2. The molecule has 1 rings (SSSR count). The summed E-state index contributed by atoms with van der Waals surface area (Å²) in [5, 5.41) is 0. The van der Waals surface area contributed by atoms with E-state index in [1.165, 1.54) is 12.8 Å². The van der Waals surface area contributed by atoms with Gasteiger partial charge in [-0.1, -0.05) is 0 Å². The van der Waals surface area contributed by atoms with E-state index >= 15 is 0 Å². The van der Waals surface area contributed by atoms with E-state index in [1.807, 2.05) is 20.8 Å². The molecule has 0 saturated heterocycles. The molecular weight excluding hydrogens is 170 g/mol. The number of carbonyl (C=O) groups excluding carboxylic acids is 1. The summed E-state index contributed by atoms with van der Waals surface area (Å²) in [6.07, 6.45) is 1.89. The van der Waals surface area contributed by atoms with E-state index in [0.717, 1.165) is 0 Å². The molecule has 0 atom stereocenters. The molecule has 0 bridgehead atoms. The Kier molecular flexibility index (Phi) is 3.14. The summed E-state index contributed by atoms with van der Waals surface area (Å²) in [4.78, 5) is 15.9. The van der Waals surface area contributed by atoms with Gasteiger partial charge in [-0.25, -0.2) is 4.79 Å². The van der Waals surface area contributed by atoms with Gasteiger partial charge in [-0.2, -0.15) is 5.48 Å². The third kappa shape index (κ3) is 5.47. The second kappa shape index (κ2) is 3.96. The Morgan fingerprint density at radius 2 is 2.08 bits per heavy atom. The monoisotopic (exact) mass is 187 g/mol. The van der Waals surface area contributed by atoms with Crippen LogP contribution in [0.4, 0.5) is 4.79 Å². The second-order valence-electron chi connectivity index (χ2n) is 4.36. The normalized spacial score (nSPS) is 16.8. The standard InChI is InChI=1S/C9H17NO3/c1-9(2,3)13-8(11)10-12-6-7-4-5-7/h7H,4-6H2,1-3H3,(H,10,11). The first-order valence-electron chi connectivity index (χ1n) is 4.58. The highest BCUT2D eigenvalue weighted by Crippen LogP contribution is 2.28. The molecule has 4 heteroatoms. The maximum absolute atomic E-state index is 11.0. The molecule has 0 aromatic rings. The predicted molar refractivity (Wildman–Crippen MR) is 48.0 cm³/mol. The van der Waals surface area contributed by atoms with Crippen LogP contribution in [0.25, 0.3) is 0 Å². The average Bonchev–Trinajstić information content (AvgIpc) is 2.66. The van der Waals surface area contributed by atoms with E-state index < -0.39 is 11.7 Å². The fourth-order valence-corrected chi connectivity index (χ4v) is 0.802. The third-order valence-electron chi connectivity index (χ3n) is 1.57. The fraction of sp³-hybridized carbons (Fsp3) is 0.889. The van der Waals surface area contributed by atoms with Gasteiger partial charge in [0.25, 0.3) is 0 Å². The Balaban J connectivity index is 2.02. The number of hydrogen-bond donors (Lipinski definition) is 1. The van der Waals surface area contributed by atoms with Gasteiger partial charge in [0.2, 0.25) is 0 Å². The SMILES string of the molecule is CC(C)(C)OC(=O)NOCC1CC1. The first-order valence-corrected chi connectivity index (χ1v) is 4.58. The maximum atomic E-state index is 11.0. The van der Waals surface area contributed by atoms with Crippen molar-refractivity contribution in [3.05, 3.63) is 0 Å². The van der Waals surface area contributed by atoms with Crippen molar-refractivity contribution in [1.29, 1.82) is 0 Å². The minimum Gasteiger partial charge on any atom is -0.442 e. The molecule has 1 amide bonds. The van der Waals surface area contributed by atoms with E-state index in [9.17, 15) is 4.79 Å². The van der Waals surface area contributed by atoms with Crippen LogP contribution < -0.4 is 5.48 Å². The summed E-state index contributed by atoms with van der Waals surface area (Å²) in [5.74, 6) is 0.634. The quantitative estimate of drug-likeness (QED) is 0.686. The first-order chi connectivity index (χ1) is 5.97. The highest BCUT2D eigenvalue weighted by atomic mass is 16.7. The molecule has 4 nitrogen and oxygen atoms in total. The molecule has 1 aliphatic rings. The Bertz CT molecular complexity index is 182. The average molecular weight is 187 g/mol. The van der Waals surface area contributed by atoms with Crippen LogP contribution in [-0.4, -0.2) is 18.3 Å². The number of carbonyl (C=O) groups is 1. The van der Waals surface area contributed by atoms with Crippen molar-refractivity contribution < 1.29 is 14.4 Å². The van der Waals surface area contributed by atoms with Gasteiger partial charge in [-0.05, 0) is 39.5 Å². The van der Waals surface area contributed by atoms with Crippen molar-refractivity contribution >= 4 is 6.09 Å². The van der Waals surface area contributed by atoms with Crippen molar-refractivity contribution in [1.82, 2.24) is 5.48 Å². The molecule has 1 saturated carbocycles. The molecule has 0 radical (unpaired) electrons. The topological polar surface area (TPSA) is 47.6 Å². The van der Waals surface area contributed by atoms with Crippen LogP contribution in [0.2, 0.25) is 0 Å². The molecule has 0 aromatic heterocycles. The first kappa shape index (κ1) is 10.3. The van der Waals surface area contributed by atoms with Crippen LogP contribution in [0, 0.1) is 5.92 Å². The summed E-state index contributed by atoms with van der Waals surface area (Å²) in [6.45, 7) is 6.04. The van der Waals surface area contributed by atoms with Gasteiger partial charge in [-0.3, -0.25) is 4.84 Å². The number of ether oxygens (including phenoxy) is 1. The van der Waals surface area contributed by atoms with E-state index in [0.29, 0.717) is 12.5 Å². The summed E-state index contributed by atoms with van der Waals surface area (Å²) < 4.78 is 4.96. The summed E-state index contributed by atoms with van der Waals surface area (Å²) in [6, 6.07) is 0. The lowest BCUT2D eigenvalue weighted by Crippen LogP contribution is -2.32. The minimum absolute atomic E-state index is 0.465. The molecule has 0 unspecified atom stereocenters. The summed E-state index contributed by atoms with van der Waals surface area (Å²) in [5.41, 5.74) is 1.78. The number of hydrogen-bond acceptors (Lipinski definition) is 3. The van der Waals surface area contributed by atoms with Gasteiger partial charge in [0.05, 0.1) is 6.61 Å². The highest BCUT2D eigenvalue weighted by Gasteiger charge is 2.22. The Hall–Kier alpha value is -0.770. The molecule has 13 heavy (non-hydrogen) atoms. The molecule has 1 aliphatic carbocycles. The molecule has 0 aliphatic heterocycles. The Labute approximate surface area is 78.5 Å². The maximum Gasteiger partial charge on any atom is 0.431 e. The van der Waals surface area contributed by atoms with Crippen molar-refractivity contribution in [2.75, 3.05) is 6.61 Å². The molecule has 0 spiro atoms. The zero-order chi connectivity index (χ0) is 9.90. The van der Waals surface area contributed by atoms with Gasteiger partial charge in [0.15, 0.2) is 0 Å². The molecule has 0 aromatic carbocycles. The van der Waals surface area contributed by atoms with Crippen molar-refractivity contribution in [3.8, 4) is 0 Å². The van der Waals surface area contributed by atoms with E-state index in [1.54, 1.807) is 0 Å². The van der Waals surface area contributed by atoms with E-state index in [2.05, 4.69) is 5.48 Å². The largest absolute Gasteiger partial charge is 0.442 e. The number of rotatable bonds is 3. The second-order valence-corrected chi connectivity index (χ2v) is 4.36. The number of amides is 1. The van der Waals surface area contributed by atoms with Crippen molar-refractivity contribution in [3.63, 3.8) is 0 Å². The van der Waals surface area contributed by atoms with Crippen molar-refractivity contribution in [2.45, 2.75) is 39.2 Å². The van der Waals surface area contributed by atoms with Crippen LogP contribution in [-0.2, 0) is 9.57 Å². The molecule has 0 heterocycles.